The monoisotopic (exact) mass is 372 g/mol. The van der Waals surface area contributed by atoms with E-state index in [1.165, 1.54) is 9.78 Å². The smallest absolute Gasteiger partial charge is 0.323 e. The van der Waals surface area contributed by atoms with E-state index in [-0.39, 0.29) is 11.9 Å². The van der Waals surface area contributed by atoms with Gasteiger partial charge >= 0.3 is 6.03 Å². The first-order valence-corrected chi connectivity index (χ1v) is 8.70. The van der Waals surface area contributed by atoms with Gasteiger partial charge in [-0.1, -0.05) is 0 Å². The summed E-state index contributed by atoms with van der Waals surface area (Å²) in [7, 11) is 2.00. The molecule has 1 aromatic heterocycles. The van der Waals surface area contributed by atoms with Gasteiger partial charge in [-0.15, -0.1) is 11.3 Å². The average Bonchev–Trinajstić information content (AvgIpc) is 3.16. The molecule has 21 heavy (non-hydrogen) atoms. The minimum Gasteiger partial charge on any atom is -0.323 e. The third kappa shape index (κ3) is 2.86. The summed E-state index contributed by atoms with van der Waals surface area (Å²) in [6, 6.07) is 3.84. The number of rotatable bonds is 5. The van der Waals surface area contributed by atoms with E-state index in [0.29, 0.717) is 12.6 Å². The van der Waals surface area contributed by atoms with Gasteiger partial charge in [0, 0.05) is 0 Å². The highest BCUT2D eigenvalue weighted by molar-refractivity contribution is 9.11. The first-order chi connectivity index (χ1) is 9.90. The van der Waals surface area contributed by atoms with Crippen LogP contribution < -0.4 is 10.2 Å². The molecule has 1 saturated heterocycles. The van der Waals surface area contributed by atoms with Crippen molar-refractivity contribution in [2.75, 3.05) is 13.7 Å². The van der Waals surface area contributed by atoms with Crippen molar-refractivity contribution in [3.8, 4) is 0 Å². The summed E-state index contributed by atoms with van der Waals surface area (Å²) in [6.07, 6.45) is 2.06. The number of imide groups is 1. The van der Waals surface area contributed by atoms with E-state index in [2.05, 4.69) is 27.3 Å². The highest BCUT2D eigenvalue weighted by Gasteiger charge is 2.56. The average molecular weight is 373 g/mol. The van der Waals surface area contributed by atoms with Crippen molar-refractivity contribution in [1.82, 2.24) is 10.2 Å². The number of carbonyl (C=O) groups is 2. The second-order valence-electron chi connectivity index (χ2n) is 6.14. The van der Waals surface area contributed by atoms with Crippen molar-refractivity contribution in [1.29, 1.82) is 0 Å². The molecule has 3 rings (SSSR count). The predicted octanol–water partition coefficient (Wildman–Crippen LogP) is 1.20. The molecule has 114 valence electrons. The Balaban J connectivity index is 1.64. The third-order valence-corrected chi connectivity index (χ3v) is 5.85. The van der Waals surface area contributed by atoms with Gasteiger partial charge in [0.05, 0.1) is 15.7 Å². The van der Waals surface area contributed by atoms with E-state index in [1.807, 2.05) is 20.0 Å². The molecule has 2 aliphatic rings. The molecule has 2 heterocycles. The lowest BCUT2D eigenvalue weighted by molar-refractivity contribution is -0.900. The quantitative estimate of drug-likeness (QED) is 0.763. The summed E-state index contributed by atoms with van der Waals surface area (Å²) in [5, 5.41) is 2.88. The van der Waals surface area contributed by atoms with Gasteiger partial charge in [-0.25, -0.2) is 9.69 Å². The Morgan fingerprint density at radius 1 is 1.48 bits per heavy atom. The molecule has 1 aliphatic heterocycles. The molecule has 1 unspecified atom stereocenters. The Kier molecular flexibility index (Phi) is 3.83. The van der Waals surface area contributed by atoms with Gasteiger partial charge in [-0.05, 0) is 53.7 Å². The van der Waals surface area contributed by atoms with E-state index in [0.717, 1.165) is 28.1 Å². The number of amides is 3. The number of halogens is 1. The summed E-state index contributed by atoms with van der Waals surface area (Å²) >= 11 is 5.13. The highest BCUT2D eigenvalue weighted by atomic mass is 79.9. The maximum atomic E-state index is 12.5. The zero-order chi connectivity index (χ0) is 15.2. The van der Waals surface area contributed by atoms with E-state index in [1.54, 1.807) is 11.3 Å². The number of hydrogen-bond acceptors (Lipinski definition) is 3. The normalized spacial score (nSPS) is 27.1. The van der Waals surface area contributed by atoms with Gasteiger partial charge in [0.25, 0.3) is 5.91 Å². The number of thiophene rings is 1. The van der Waals surface area contributed by atoms with Crippen LogP contribution in [0, 0.1) is 5.92 Å². The van der Waals surface area contributed by atoms with Crippen LogP contribution in [0.25, 0.3) is 0 Å². The van der Waals surface area contributed by atoms with Crippen LogP contribution in [-0.2, 0) is 11.3 Å². The standard InChI is InChI=1S/C14H18BrN3O2S/c1-14(9-3-4-9)12(19)18(13(20)16-14)8-17(2)7-10-5-6-11(15)21-10/h5-6,9H,3-4,7-8H2,1-2H3,(H,16,20)/p+1/t14-/m0/s1. The number of nitrogens with zero attached hydrogens (tertiary/aromatic N) is 1. The fourth-order valence-electron chi connectivity index (χ4n) is 2.87. The minimum atomic E-state index is -0.677. The number of urea groups is 1. The van der Waals surface area contributed by atoms with Gasteiger partial charge < -0.3 is 10.2 Å². The number of hydrogen-bond donors (Lipinski definition) is 2. The fraction of sp³-hybridized carbons (Fsp3) is 0.571. The van der Waals surface area contributed by atoms with Crippen LogP contribution in [0.4, 0.5) is 4.79 Å². The molecule has 2 atom stereocenters. The lowest BCUT2D eigenvalue weighted by Crippen LogP contribution is -3.09. The summed E-state index contributed by atoms with van der Waals surface area (Å²) in [5.74, 6) is 0.245. The Labute approximate surface area is 136 Å². The van der Waals surface area contributed by atoms with Crippen LogP contribution in [-0.4, -0.2) is 36.1 Å². The molecular weight excluding hydrogens is 354 g/mol. The highest BCUT2D eigenvalue weighted by Crippen LogP contribution is 2.42. The Bertz CT molecular complexity index is 587. The van der Waals surface area contributed by atoms with Gasteiger partial charge in [0.2, 0.25) is 0 Å². The van der Waals surface area contributed by atoms with Crippen molar-refractivity contribution < 1.29 is 14.5 Å². The van der Waals surface area contributed by atoms with Crippen LogP contribution in [0.2, 0.25) is 0 Å². The van der Waals surface area contributed by atoms with Crippen LogP contribution in [0.3, 0.4) is 0 Å². The molecule has 0 bridgehead atoms. The molecule has 2 fully saturated rings. The molecule has 1 aliphatic carbocycles. The first-order valence-electron chi connectivity index (χ1n) is 7.10. The van der Waals surface area contributed by atoms with Gasteiger partial charge in [0.1, 0.15) is 12.1 Å². The molecule has 1 aromatic rings. The maximum Gasteiger partial charge on any atom is 0.329 e. The third-order valence-electron chi connectivity index (χ3n) is 4.23. The molecule has 5 nitrogen and oxygen atoms in total. The van der Waals surface area contributed by atoms with Crippen LogP contribution in [0.5, 0.6) is 0 Å². The predicted molar refractivity (Wildman–Crippen MR) is 84.0 cm³/mol. The van der Waals surface area contributed by atoms with Crippen molar-refractivity contribution in [2.24, 2.45) is 5.92 Å². The molecule has 0 aromatic carbocycles. The van der Waals surface area contributed by atoms with Crippen LogP contribution in [0.1, 0.15) is 24.6 Å². The fourth-order valence-corrected chi connectivity index (χ4v) is 4.46. The Morgan fingerprint density at radius 3 is 2.76 bits per heavy atom. The topological polar surface area (TPSA) is 53.9 Å². The van der Waals surface area contributed by atoms with Gasteiger partial charge in [0.15, 0.2) is 6.67 Å². The van der Waals surface area contributed by atoms with E-state index in [9.17, 15) is 9.59 Å². The summed E-state index contributed by atoms with van der Waals surface area (Å²) < 4.78 is 1.10. The molecule has 3 amide bonds. The van der Waals surface area contributed by atoms with Crippen molar-refractivity contribution in [3.05, 3.63) is 20.8 Å². The second kappa shape index (κ2) is 5.37. The number of carbonyl (C=O) groups excluding carboxylic acids is 2. The molecule has 2 N–H and O–H groups in total. The number of quaternary nitrogens is 1. The molecular formula is C14H19BrN3O2S+. The largest absolute Gasteiger partial charge is 0.329 e. The molecule has 0 spiro atoms. The zero-order valence-electron chi connectivity index (χ0n) is 12.1. The van der Waals surface area contributed by atoms with Gasteiger partial charge in [-0.3, -0.25) is 4.79 Å². The van der Waals surface area contributed by atoms with Crippen LogP contribution >= 0.6 is 27.3 Å². The van der Waals surface area contributed by atoms with Crippen molar-refractivity contribution in [3.63, 3.8) is 0 Å². The van der Waals surface area contributed by atoms with E-state index < -0.39 is 5.54 Å². The second-order valence-corrected chi connectivity index (χ2v) is 8.69. The lowest BCUT2D eigenvalue weighted by Gasteiger charge is -2.22. The summed E-state index contributed by atoms with van der Waals surface area (Å²) in [6.45, 7) is 3.06. The SMILES string of the molecule is C[NH+](Cc1ccc(Br)s1)CN1C(=O)N[C@@](C)(C2CC2)C1=O. The maximum absolute atomic E-state index is 12.5. The van der Waals surface area contributed by atoms with E-state index >= 15 is 0 Å². The van der Waals surface area contributed by atoms with Gasteiger partial charge in [-0.2, -0.15) is 0 Å². The van der Waals surface area contributed by atoms with Crippen molar-refractivity contribution >= 4 is 39.2 Å². The Morgan fingerprint density at radius 2 is 2.19 bits per heavy atom. The first kappa shape index (κ1) is 15.0. The molecule has 7 heteroatoms. The lowest BCUT2D eigenvalue weighted by atomic mass is 9.96. The van der Waals surface area contributed by atoms with Crippen molar-refractivity contribution in [2.45, 2.75) is 31.8 Å². The zero-order valence-corrected chi connectivity index (χ0v) is 14.5. The minimum absolute atomic E-state index is 0.0679. The van der Waals surface area contributed by atoms with E-state index in [4.69, 9.17) is 0 Å². The summed E-state index contributed by atoms with van der Waals surface area (Å²) in [4.78, 5) is 28.4. The molecule has 0 radical (unpaired) electrons. The number of nitrogens with one attached hydrogen (secondary N) is 2. The molecule has 1 saturated carbocycles. The Hall–Kier alpha value is -0.920. The summed E-state index contributed by atoms with van der Waals surface area (Å²) in [5.41, 5.74) is -0.677. The van der Waals surface area contributed by atoms with Crippen LogP contribution in [0.15, 0.2) is 15.9 Å².